The SMILES string of the molecule is O=C(Cn1cnc2c(oc3ccccc32)c1=O)OCc1ccccc1. The van der Waals surface area contributed by atoms with Gasteiger partial charge in [0.2, 0.25) is 5.58 Å². The van der Waals surface area contributed by atoms with Gasteiger partial charge in [0.1, 0.15) is 24.3 Å². The Morgan fingerprint density at radius 1 is 1.08 bits per heavy atom. The molecule has 6 nitrogen and oxygen atoms in total. The van der Waals surface area contributed by atoms with Crippen LogP contribution in [-0.4, -0.2) is 15.5 Å². The highest BCUT2D eigenvalue weighted by Gasteiger charge is 2.15. The van der Waals surface area contributed by atoms with Crippen LogP contribution in [0.15, 0.2) is 70.1 Å². The van der Waals surface area contributed by atoms with Gasteiger partial charge in [-0.2, -0.15) is 0 Å². The van der Waals surface area contributed by atoms with Gasteiger partial charge >= 0.3 is 5.97 Å². The van der Waals surface area contributed by atoms with E-state index in [0.717, 1.165) is 10.9 Å². The summed E-state index contributed by atoms with van der Waals surface area (Å²) in [5.74, 6) is -0.511. The summed E-state index contributed by atoms with van der Waals surface area (Å²) >= 11 is 0. The number of carbonyl (C=O) groups excluding carboxylic acids is 1. The Balaban J connectivity index is 1.57. The predicted octanol–water partition coefficient (Wildman–Crippen LogP) is 2.89. The Labute approximate surface area is 142 Å². The molecule has 124 valence electrons. The van der Waals surface area contributed by atoms with Crippen molar-refractivity contribution in [3.8, 4) is 0 Å². The lowest BCUT2D eigenvalue weighted by Gasteiger charge is -2.06. The minimum Gasteiger partial charge on any atom is -0.459 e. The van der Waals surface area contributed by atoms with Crippen molar-refractivity contribution in [1.82, 2.24) is 9.55 Å². The predicted molar refractivity (Wildman–Crippen MR) is 92.0 cm³/mol. The first-order valence-corrected chi connectivity index (χ1v) is 7.78. The van der Waals surface area contributed by atoms with Crippen LogP contribution in [0.4, 0.5) is 0 Å². The van der Waals surface area contributed by atoms with Crippen LogP contribution in [0.2, 0.25) is 0 Å². The second-order valence-electron chi connectivity index (χ2n) is 5.60. The van der Waals surface area contributed by atoms with Crippen molar-refractivity contribution in [2.24, 2.45) is 0 Å². The number of aromatic nitrogens is 2. The van der Waals surface area contributed by atoms with Crippen LogP contribution in [-0.2, 0) is 22.7 Å². The topological polar surface area (TPSA) is 74.3 Å². The van der Waals surface area contributed by atoms with E-state index in [1.807, 2.05) is 48.5 Å². The number of ether oxygens (including phenoxy) is 1. The molecule has 0 unspecified atom stereocenters. The van der Waals surface area contributed by atoms with Gasteiger partial charge < -0.3 is 9.15 Å². The lowest BCUT2D eigenvalue weighted by atomic mass is 10.2. The molecule has 0 atom stereocenters. The van der Waals surface area contributed by atoms with Crippen molar-refractivity contribution < 1.29 is 13.9 Å². The molecule has 6 heteroatoms. The Bertz CT molecular complexity index is 1110. The van der Waals surface area contributed by atoms with E-state index in [1.54, 1.807) is 6.07 Å². The van der Waals surface area contributed by atoms with E-state index >= 15 is 0 Å². The molecule has 0 saturated heterocycles. The third-order valence-electron chi connectivity index (χ3n) is 3.89. The molecular formula is C19H14N2O4. The number of furan rings is 1. The minimum absolute atomic E-state index is 0.138. The van der Waals surface area contributed by atoms with Crippen molar-refractivity contribution in [3.63, 3.8) is 0 Å². The largest absolute Gasteiger partial charge is 0.459 e. The fourth-order valence-electron chi connectivity index (χ4n) is 2.65. The number of hydrogen-bond acceptors (Lipinski definition) is 5. The van der Waals surface area contributed by atoms with Gasteiger partial charge in [0.05, 0.1) is 6.33 Å². The summed E-state index contributed by atoms with van der Waals surface area (Å²) in [6.07, 6.45) is 1.34. The van der Waals surface area contributed by atoms with E-state index in [2.05, 4.69) is 4.98 Å². The van der Waals surface area contributed by atoms with E-state index in [-0.39, 0.29) is 18.7 Å². The van der Waals surface area contributed by atoms with Crippen LogP contribution in [0.25, 0.3) is 22.1 Å². The maximum Gasteiger partial charge on any atom is 0.326 e. The van der Waals surface area contributed by atoms with E-state index in [1.165, 1.54) is 10.9 Å². The average Bonchev–Trinajstić information content (AvgIpc) is 3.03. The Morgan fingerprint density at radius 3 is 2.68 bits per heavy atom. The highest BCUT2D eigenvalue weighted by atomic mass is 16.5. The first kappa shape index (κ1) is 15.1. The Kier molecular flexibility index (Phi) is 3.78. The van der Waals surface area contributed by atoms with Crippen molar-refractivity contribution >= 4 is 28.0 Å². The van der Waals surface area contributed by atoms with Gasteiger partial charge in [-0.05, 0) is 17.7 Å². The molecule has 0 bridgehead atoms. The number of carbonyl (C=O) groups is 1. The molecule has 2 heterocycles. The normalized spacial score (nSPS) is 11.0. The van der Waals surface area contributed by atoms with E-state index in [0.29, 0.717) is 11.1 Å². The second-order valence-corrected chi connectivity index (χ2v) is 5.60. The smallest absolute Gasteiger partial charge is 0.326 e. The monoisotopic (exact) mass is 334 g/mol. The zero-order chi connectivity index (χ0) is 17.2. The highest BCUT2D eigenvalue weighted by Crippen LogP contribution is 2.23. The summed E-state index contributed by atoms with van der Waals surface area (Å²) in [4.78, 5) is 28.8. The molecule has 4 rings (SSSR count). The van der Waals surface area contributed by atoms with Gasteiger partial charge in [-0.15, -0.1) is 0 Å². The molecule has 0 aliphatic carbocycles. The molecule has 0 saturated carbocycles. The van der Waals surface area contributed by atoms with Crippen molar-refractivity contribution in [3.05, 3.63) is 76.8 Å². The van der Waals surface area contributed by atoms with Crippen molar-refractivity contribution in [2.75, 3.05) is 0 Å². The average molecular weight is 334 g/mol. The summed E-state index contributed by atoms with van der Waals surface area (Å²) in [5, 5.41) is 0.772. The summed E-state index contributed by atoms with van der Waals surface area (Å²) in [6, 6.07) is 16.6. The number of para-hydroxylation sites is 1. The highest BCUT2D eigenvalue weighted by molar-refractivity contribution is 6.01. The van der Waals surface area contributed by atoms with E-state index in [4.69, 9.17) is 9.15 Å². The third kappa shape index (κ3) is 2.89. The molecule has 0 amide bonds. The molecule has 4 aromatic rings. The summed E-state index contributed by atoms with van der Waals surface area (Å²) in [6.45, 7) is -0.0552. The zero-order valence-corrected chi connectivity index (χ0v) is 13.2. The summed E-state index contributed by atoms with van der Waals surface area (Å²) in [5.41, 5.74) is 1.70. The summed E-state index contributed by atoms with van der Waals surface area (Å²) in [7, 11) is 0. The molecule has 0 radical (unpaired) electrons. The van der Waals surface area contributed by atoms with Gasteiger partial charge in [0, 0.05) is 5.39 Å². The molecule has 0 aliphatic heterocycles. The lowest BCUT2D eigenvalue weighted by molar-refractivity contribution is -0.145. The lowest BCUT2D eigenvalue weighted by Crippen LogP contribution is -2.25. The number of fused-ring (bicyclic) bond motifs is 3. The fraction of sp³-hybridized carbons (Fsp3) is 0.105. The number of benzene rings is 2. The fourth-order valence-corrected chi connectivity index (χ4v) is 2.65. The van der Waals surface area contributed by atoms with Crippen LogP contribution in [0.3, 0.4) is 0 Å². The first-order valence-electron chi connectivity index (χ1n) is 7.78. The quantitative estimate of drug-likeness (QED) is 0.537. The standard InChI is InChI=1S/C19H14N2O4/c22-16(24-11-13-6-2-1-3-7-13)10-21-12-20-17-14-8-4-5-9-15(14)25-18(17)19(21)23/h1-9,12H,10-11H2. The van der Waals surface area contributed by atoms with Crippen LogP contribution in [0.5, 0.6) is 0 Å². The first-order chi connectivity index (χ1) is 12.2. The minimum atomic E-state index is -0.511. The maximum atomic E-state index is 12.5. The number of esters is 1. The van der Waals surface area contributed by atoms with Crippen molar-refractivity contribution in [2.45, 2.75) is 13.2 Å². The second kappa shape index (κ2) is 6.24. The van der Waals surface area contributed by atoms with E-state index < -0.39 is 11.5 Å². The molecule has 2 aromatic heterocycles. The molecule has 2 aromatic carbocycles. The zero-order valence-electron chi connectivity index (χ0n) is 13.2. The van der Waals surface area contributed by atoms with Crippen LogP contribution < -0.4 is 5.56 Å². The van der Waals surface area contributed by atoms with Gasteiger partial charge in [0.25, 0.3) is 5.56 Å². The number of nitrogens with zero attached hydrogens (tertiary/aromatic N) is 2. The number of rotatable bonds is 4. The molecule has 0 aliphatic rings. The van der Waals surface area contributed by atoms with Crippen molar-refractivity contribution in [1.29, 1.82) is 0 Å². The molecule has 25 heavy (non-hydrogen) atoms. The van der Waals surface area contributed by atoms with Gasteiger partial charge in [-0.3, -0.25) is 14.2 Å². The molecule has 0 N–H and O–H groups in total. The maximum absolute atomic E-state index is 12.5. The molecular weight excluding hydrogens is 320 g/mol. The Hall–Kier alpha value is -3.41. The van der Waals surface area contributed by atoms with Crippen LogP contribution >= 0.6 is 0 Å². The Morgan fingerprint density at radius 2 is 1.84 bits per heavy atom. The third-order valence-corrected chi connectivity index (χ3v) is 3.89. The van der Waals surface area contributed by atoms with E-state index in [9.17, 15) is 9.59 Å². The molecule has 0 fully saturated rings. The van der Waals surface area contributed by atoms with Gasteiger partial charge in [-0.1, -0.05) is 42.5 Å². The molecule has 0 spiro atoms. The van der Waals surface area contributed by atoms with Gasteiger partial charge in [0.15, 0.2) is 0 Å². The van der Waals surface area contributed by atoms with Crippen LogP contribution in [0, 0.1) is 0 Å². The van der Waals surface area contributed by atoms with Gasteiger partial charge in [-0.25, -0.2) is 4.98 Å². The van der Waals surface area contributed by atoms with Crippen LogP contribution in [0.1, 0.15) is 5.56 Å². The number of hydrogen-bond donors (Lipinski definition) is 0. The summed E-state index contributed by atoms with van der Waals surface area (Å²) < 4.78 is 12.0.